The average Bonchev–Trinajstić information content (AvgIpc) is 2.72. The standard InChI is InChI=1S/C17H23ClN2O2/c1-11-13-8-12(18)6-7-14(13)22-15(11)16(21)19-9-17(2,3)10-20(4)5/h6-8H,9-10H2,1-5H3,(H,19,21). The van der Waals surface area contributed by atoms with Crippen molar-refractivity contribution in [2.24, 2.45) is 5.41 Å². The third-order valence-corrected chi connectivity index (χ3v) is 3.81. The Morgan fingerprint density at radius 1 is 1.36 bits per heavy atom. The minimum Gasteiger partial charge on any atom is -0.451 e. The van der Waals surface area contributed by atoms with Gasteiger partial charge < -0.3 is 14.6 Å². The van der Waals surface area contributed by atoms with Gasteiger partial charge in [0.2, 0.25) is 0 Å². The molecule has 0 aliphatic carbocycles. The molecule has 5 heteroatoms. The van der Waals surface area contributed by atoms with Gasteiger partial charge in [0.05, 0.1) is 0 Å². The number of nitrogens with one attached hydrogen (secondary N) is 1. The van der Waals surface area contributed by atoms with Gasteiger partial charge >= 0.3 is 0 Å². The number of hydrogen-bond donors (Lipinski definition) is 1. The maximum absolute atomic E-state index is 12.4. The lowest BCUT2D eigenvalue weighted by atomic mass is 9.93. The zero-order valence-electron chi connectivity index (χ0n) is 13.8. The van der Waals surface area contributed by atoms with Crippen molar-refractivity contribution in [2.45, 2.75) is 20.8 Å². The van der Waals surface area contributed by atoms with E-state index in [1.165, 1.54) is 0 Å². The highest BCUT2D eigenvalue weighted by Crippen LogP contribution is 2.28. The zero-order chi connectivity index (χ0) is 16.5. The van der Waals surface area contributed by atoms with E-state index < -0.39 is 0 Å². The molecule has 1 aromatic heterocycles. The van der Waals surface area contributed by atoms with E-state index >= 15 is 0 Å². The quantitative estimate of drug-likeness (QED) is 0.912. The summed E-state index contributed by atoms with van der Waals surface area (Å²) >= 11 is 6.00. The SMILES string of the molecule is Cc1c(C(=O)NCC(C)(C)CN(C)C)oc2ccc(Cl)cc12. The summed E-state index contributed by atoms with van der Waals surface area (Å²) in [5.74, 6) is 0.176. The van der Waals surface area contributed by atoms with Crippen LogP contribution < -0.4 is 5.32 Å². The Labute approximate surface area is 136 Å². The summed E-state index contributed by atoms with van der Waals surface area (Å²) in [7, 11) is 4.05. The van der Waals surface area contributed by atoms with Gasteiger partial charge in [0.1, 0.15) is 5.58 Å². The number of carbonyl (C=O) groups is 1. The number of carbonyl (C=O) groups excluding carboxylic acids is 1. The highest BCUT2D eigenvalue weighted by molar-refractivity contribution is 6.31. The summed E-state index contributed by atoms with van der Waals surface area (Å²) < 4.78 is 5.68. The molecule has 1 N–H and O–H groups in total. The van der Waals surface area contributed by atoms with E-state index in [0.717, 1.165) is 17.5 Å². The van der Waals surface area contributed by atoms with E-state index in [-0.39, 0.29) is 11.3 Å². The Kier molecular flexibility index (Phi) is 4.83. The number of hydrogen-bond acceptors (Lipinski definition) is 3. The van der Waals surface area contributed by atoms with E-state index in [9.17, 15) is 4.79 Å². The topological polar surface area (TPSA) is 45.5 Å². The molecule has 22 heavy (non-hydrogen) atoms. The average molecular weight is 323 g/mol. The number of amides is 1. The first-order valence-electron chi connectivity index (χ1n) is 7.31. The van der Waals surface area contributed by atoms with Gasteiger partial charge in [0.15, 0.2) is 5.76 Å². The summed E-state index contributed by atoms with van der Waals surface area (Å²) in [4.78, 5) is 14.5. The Balaban J connectivity index is 2.15. The fourth-order valence-electron chi connectivity index (χ4n) is 2.72. The summed E-state index contributed by atoms with van der Waals surface area (Å²) in [6.07, 6.45) is 0. The second kappa shape index (κ2) is 6.31. The number of furan rings is 1. The first-order chi connectivity index (χ1) is 10.2. The van der Waals surface area contributed by atoms with Crippen molar-refractivity contribution in [1.82, 2.24) is 10.2 Å². The van der Waals surface area contributed by atoms with E-state index in [4.69, 9.17) is 16.0 Å². The van der Waals surface area contributed by atoms with Crippen molar-refractivity contribution in [3.8, 4) is 0 Å². The number of halogens is 1. The third-order valence-electron chi connectivity index (χ3n) is 3.58. The normalized spacial score (nSPS) is 12.1. The van der Waals surface area contributed by atoms with Gasteiger partial charge in [-0.15, -0.1) is 0 Å². The molecule has 0 fully saturated rings. The van der Waals surface area contributed by atoms with Gasteiger partial charge in [0.25, 0.3) is 5.91 Å². The maximum Gasteiger partial charge on any atom is 0.287 e. The van der Waals surface area contributed by atoms with Gasteiger partial charge in [-0.3, -0.25) is 4.79 Å². The minimum absolute atomic E-state index is 0.0115. The lowest BCUT2D eigenvalue weighted by Crippen LogP contribution is -2.40. The fourth-order valence-corrected chi connectivity index (χ4v) is 2.89. The van der Waals surface area contributed by atoms with Crippen LogP contribution in [0.4, 0.5) is 0 Å². The monoisotopic (exact) mass is 322 g/mol. The largest absolute Gasteiger partial charge is 0.451 e. The smallest absolute Gasteiger partial charge is 0.287 e. The van der Waals surface area contributed by atoms with Crippen LogP contribution >= 0.6 is 11.6 Å². The second-order valence-corrected chi connectivity index (χ2v) is 7.22. The van der Waals surface area contributed by atoms with Gasteiger partial charge in [-0.05, 0) is 44.6 Å². The van der Waals surface area contributed by atoms with Crippen molar-refractivity contribution in [3.05, 3.63) is 34.5 Å². The summed E-state index contributed by atoms with van der Waals surface area (Å²) in [5.41, 5.74) is 1.49. The Hall–Kier alpha value is -1.52. The van der Waals surface area contributed by atoms with E-state index in [1.807, 2.05) is 27.1 Å². The van der Waals surface area contributed by atoms with Crippen LogP contribution in [0.5, 0.6) is 0 Å². The second-order valence-electron chi connectivity index (χ2n) is 6.78. The molecule has 1 amide bonds. The van der Waals surface area contributed by atoms with Crippen LogP contribution in [-0.2, 0) is 0 Å². The van der Waals surface area contributed by atoms with Crippen molar-refractivity contribution in [2.75, 3.05) is 27.2 Å². The molecular weight excluding hydrogens is 300 g/mol. The van der Waals surface area contributed by atoms with Crippen molar-refractivity contribution < 1.29 is 9.21 Å². The Bertz CT molecular complexity index is 689. The van der Waals surface area contributed by atoms with Crippen molar-refractivity contribution in [1.29, 1.82) is 0 Å². The predicted octanol–water partition coefficient (Wildman–Crippen LogP) is 3.71. The lowest BCUT2D eigenvalue weighted by Gasteiger charge is -2.28. The maximum atomic E-state index is 12.4. The van der Waals surface area contributed by atoms with Gasteiger partial charge in [-0.25, -0.2) is 0 Å². The lowest BCUT2D eigenvalue weighted by molar-refractivity contribution is 0.0902. The van der Waals surface area contributed by atoms with Crippen LogP contribution in [0.1, 0.15) is 30.0 Å². The molecule has 2 rings (SSSR count). The number of benzene rings is 1. The zero-order valence-corrected chi connectivity index (χ0v) is 14.5. The molecule has 0 unspecified atom stereocenters. The van der Waals surface area contributed by atoms with Crippen LogP contribution in [0, 0.1) is 12.3 Å². The molecule has 0 atom stereocenters. The molecule has 0 spiro atoms. The molecule has 120 valence electrons. The third kappa shape index (κ3) is 3.81. The molecule has 0 aliphatic rings. The van der Waals surface area contributed by atoms with E-state index in [0.29, 0.717) is 22.9 Å². The number of rotatable bonds is 5. The van der Waals surface area contributed by atoms with Crippen LogP contribution in [0.2, 0.25) is 5.02 Å². The van der Waals surface area contributed by atoms with Gasteiger partial charge in [-0.1, -0.05) is 25.4 Å². The van der Waals surface area contributed by atoms with Crippen LogP contribution in [0.15, 0.2) is 22.6 Å². The Morgan fingerprint density at radius 3 is 2.68 bits per heavy atom. The first-order valence-corrected chi connectivity index (χ1v) is 7.69. The predicted molar refractivity (Wildman–Crippen MR) is 90.6 cm³/mol. The molecule has 0 bridgehead atoms. The first kappa shape index (κ1) is 16.8. The van der Waals surface area contributed by atoms with Crippen LogP contribution in [0.3, 0.4) is 0 Å². The molecule has 0 saturated heterocycles. The number of fused-ring (bicyclic) bond motifs is 1. The number of nitrogens with zero attached hydrogens (tertiary/aromatic N) is 1. The molecule has 0 saturated carbocycles. The van der Waals surface area contributed by atoms with Crippen LogP contribution in [-0.4, -0.2) is 38.0 Å². The molecule has 2 aromatic rings. The molecule has 0 aliphatic heterocycles. The Morgan fingerprint density at radius 2 is 2.05 bits per heavy atom. The van der Waals surface area contributed by atoms with Crippen molar-refractivity contribution >= 4 is 28.5 Å². The molecular formula is C17H23ClN2O2. The van der Waals surface area contributed by atoms with Crippen molar-refractivity contribution in [3.63, 3.8) is 0 Å². The highest BCUT2D eigenvalue weighted by atomic mass is 35.5. The van der Waals surface area contributed by atoms with Crippen LogP contribution in [0.25, 0.3) is 11.0 Å². The van der Waals surface area contributed by atoms with Gasteiger partial charge in [-0.2, -0.15) is 0 Å². The molecule has 4 nitrogen and oxygen atoms in total. The summed E-state index contributed by atoms with van der Waals surface area (Å²) in [6, 6.07) is 5.37. The fraction of sp³-hybridized carbons (Fsp3) is 0.471. The van der Waals surface area contributed by atoms with E-state index in [1.54, 1.807) is 12.1 Å². The minimum atomic E-state index is -0.184. The summed E-state index contributed by atoms with van der Waals surface area (Å²) in [5, 5.41) is 4.48. The highest BCUT2D eigenvalue weighted by Gasteiger charge is 2.23. The van der Waals surface area contributed by atoms with Gasteiger partial charge in [0, 0.05) is 29.1 Å². The summed E-state index contributed by atoms with van der Waals surface area (Å²) in [6.45, 7) is 7.60. The van der Waals surface area contributed by atoms with E-state index in [2.05, 4.69) is 24.1 Å². The molecule has 1 aromatic carbocycles. The molecule has 1 heterocycles. The number of aryl methyl sites for hydroxylation is 1. The molecule has 0 radical (unpaired) electrons.